The molecule has 5 aliphatic rings. The van der Waals surface area contributed by atoms with Crippen molar-refractivity contribution in [2.24, 2.45) is 12.8 Å². The summed E-state index contributed by atoms with van der Waals surface area (Å²) in [5.41, 5.74) is 9.29. The van der Waals surface area contributed by atoms with Gasteiger partial charge in [-0.15, -0.1) is 0 Å². The molecule has 38 heteroatoms. The number of fused-ring (bicyclic) bond motifs is 2. The molecule has 3 saturated heterocycles. The standard InChI is InChI=1S/C98H110N18O18S2/c1-63(117)107-77(55-80(99)118)91(125)105-62-133-60-98(134-69-29-30-69,67-21-11-6-12-22-67)89-73-54-66(74-59-111(3)92(126)86-72(74)33-41-100-86)28-31-75(73)109-95(110-89)113-42-34-68(35-43-113)112-45-38-97(2,39-46-112)106-40-17-20-65-27-32-79(130-4)78(53-65)114-44-36-85(123)116(96(114)129)61-104-83(121)57-103-90(124)76(52-64-18-9-5-10-19-64)108-84(122)58-102-82(120)56-101-81(119)37-48-131-50-51-132-49-47-115-93(127)87(135-70-23-13-7-14-24-70)88(94(115)128)136-71-25-15-8-16-26-71/h5-16,18-19,21-28,31-33,41,53-54,59,68-69,76-77,100,106H,29-30,34-40,42-52,55-58,60-62H2,1-4H3,(H2,99,118)(H,101,119)(H,102,120)(H,103,124)(H,104,121)(H,105,125)(H,107,117)(H,108,122)/t76-,77-,98-/m0/s1. The Morgan fingerprint density at radius 2 is 1.29 bits per heavy atom. The van der Waals surface area contributed by atoms with Gasteiger partial charge in [-0.05, 0) is 123 Å². The third-order valence-corrected chi connectivity index (χ3v) is 26.3. The number of anilines is 2. The highest BCUT2D eigenvalue weighted by Gasteiger charge is 2.46. The number of amides is 13. The lowest BCUT2D eigenvalue weighted by Gasteiger charge is -2.45. The van der Waals surface area contributed by atoms with Gasteiger partial charge in [0.25, 0.3) is 17.4 Å². The number of hydrogen-bond donors (Lipinski definition) is 10. The summed E-state index contributed by atoms with van der Waals surface area (Å²) < 4.78 is 32.2. The minimum atomic E-state index is -1.38. The summed E-state index contributed by atoms with van der Waals surface area (Å²) >= 11 is 2.47. The Morgan fingerprint density at radius 1 is 0.647 bits per heavy atom. The first-order valence-electron chi connectivity index (χ1n) is 45.1. The minimum Gasteiger partial charge on any atom is -0.495 e. The van der Waals surface area contributed by atoms with Crippen molar-refractivity contribution in [2.75, 3.05) is 129 Å². The second kappa shape index (κ2) is 46.5. The summed E-state index contributed by atoms with van der Waals surface area (Å²) in [6, 6.07) is 47.2. The van der Waals surface area contributed by atoms with Gasteiger partial charge in [-0.2, -0.15) is 0 Å². The summed E-state index contributed by atoms with van der Waals surface area (Å²) in [7, 11) is 3.17. The number of methoxy groups -OCH3 is 1. The van der Waals surface area contributed by atoms with Crippen LogP contribution in [0.5, 0.6) is 5.75 Å². The number of nitrogens with one attached hydrogen (secondary N) is 9. The third-order valence-electron chi connectivity index (χ3n) is 23.9. The van der Waals surface area contributed by atoms with Gasteiger partial charge in [-0.1, -0.05) is 138 Å². The van der Waals surface area contributed by atoms with Crippen LogP contribution in [0.4, 0.5) is 16.4 Å². The Morgan fingerprint density at radius 3 is 1.96 bits per heavy atom. The molecule has 4 aliphatic heterocycles. The molecule has 3 aromatic heterocycles. The Balaban J connectivity index is 0.523. The summed E-state index contributed by atoms with van der Waals surface area (Å²) in [6.45, 7) is 4.43. The summed E-state index contributed by atoms with van der Waals surface area (Å²) in [4.78, 5) is 196. The van der Waals surface area contributed by atoms with Crippen LogP contribution in [0.25, 0.3) is 32.9 Å². The average Bonchev–Trinajstić information content (AvgIpc) is 1.14. The van der Waals surface area contributed by atoms with Crippen molar-refractivity contribution in [3.8, 4) is 28.7 Å². The Bertz CT molecular complexity index is 5960. The maximum Gasteiger partial charge on any atom is 0.332 e. The number of primary amides is 1. The number of imide groups is 2. The van der Waals surface area contributed by atoms with Gasteiger partial charge in [0.1, 0.15) is 36.7 Å². The Hall–Kier alpha value is -13.7. The zero-order valence-electron chi connectivity index (χ0n) is 76.0. The van der Waals surface area contributed by atoms with Gasteiger partial charge < -0.3 is 91.3 Å². The van der Waals surface area contributed by atoms with Crippen molar-refractivity contribution < 1.29 is 81.2 Å². The zero-order chi connectivity index (χ0) is 95.8. The zero-order valence-corrected chi connectivity index (χ0v) is 77.6. The molecule has 7 heterocycles. The van der Waals surface area contributed by atoms with Crippen molar-refractivity contribution >= 4 is 128 Å². The fraction of sp³-hybridized carbons (Fsp3) is 0.378. The lowest BCUT2D eigenvalue weighted by Crippen LogP contribution is -2.56. The molecular weight excluding hydrogens is 1780 g/mol. The smallest absolute Gasteiger partial charge is 0.332 e. The fourth-order valence-electron chi connectivity index (χ4n) is 16.5. The van der Waals surface area contributed by atoms with Crippen molar-refractivity contribution in [3.05, 3.63) is 219 Å². The molecule has 0 spiro atoms. The molecule has 0 unspecified atom stereocenters. The molecule has 14 rings (SSSR count). The lowest BCUT2D eigenvalue weighted by atomic mass is 9.87. The number of aromatic amines is 1. The number of piperidine rings is 2. The van der Waals surface area contributed by atoms with Gasteiger partial charge >= 0.3 is 6.03 Å². The van der Waals surface area contributed by atoms with Crippen LogP contribution in [0, 0.1) is 11.8 Å². The summed E-state index contributed by atoms with van der Waals surface area (Å²) in [5.74, 6) is 0.569. The highest BCUT2D eigenvalue weighted by Crippen LogP contribution is 2.46. The number of rotatable bonds is 44. The Kier molecular flexibility index (Phi) is 33.7. The van der Waals surface area contributed by atoms with E-state index >= 15 is 0 Å². The predicted molar refractivity (Wildman–Crippen MR) is 509 cm³/mol. The molecule has 0 radical (unpaired) electrons. The molecule has 4 fully saturated rings. The van der Waals surface area contributed by atoms with E-state index in [0.717, 1.165) is 88.4 Å². The largest absolute Gasteiger partial charge is 0.495 e. The van der Waals surface area contributed by atoms with Gasteiger partial charge in [-0.3, -0.25) is 67.3 Å². The normalized spacial score (nSPS) is 16.1. The van der Waals surface area contributed by atoms with Crippen LogP contribution < -0.4 is 68.4 Å². The van der Waals surface area contributed by atoms with Crippen molar-refractivity contribution in [1.82, 2.24) is 76.8 Å². The minimum absolute atomic E-state index is 0.00230. The number of nitrogens with two attached hydrogens (primary N) is 1. The maximum atomic E-state index is 14.3. The molecule has 9 aromatic rings. The SMILES string of the molecule is COc1ccc(C#CCNC2(C)CCN(C3CCN(c4nc([C@@](COCNC(=O)[C@H](CC(N)=O)NC(C)=O)(OC5CC5)c5ccccc5)c5cc(-c6cn(C)c(=O)c7[nH]ccc67)ccc5n4)CC3)CC2)cc1N1CCC(=O)N(CNC(=O)CNC(=O)[C@H](Cc2ccccc2)NC(=O)CNC(=O)CNC(=O)CCOCCOCCN2C(=O)C(Sc3ccccc3)=C(Sc3ccccc3)C2=O)C1=O. The number of hydrogen-bond acceptors (Lipinski definition) is 25. The van der Waals surface area contributed by atoms with Crippen LogP contribution in [-0.4, -0.2) is 254 Å². The molecule has 136 heavy (non-hydrogen) atoms. The number of carbonyl (C=O) groups excluding carboxylic acids is 12. The number of thioether (sulfide) groups is 2. The molecule has 36 nitrogen and oxygen atoms in total. The second-order valence-electron chi connectivity index (χ2n) is 33.7. The molecule has 6 aromatic carbocycles. The summed E-state index contributed by atoms with van der Waals surface area (Å²) in [6.07, 6.45) is 7.74. The number of urea groups is 1. The third kappa shape index (κ3) is 25.7. The second-order valence-corrected chi connectivity index (χ2v) is 35.9. The van der Waals surface area contributed by atoms with E-state index < -0.39 is 121 Å². The van der Waals surface area contributed by atoms with Crippen LogP contribution in [0.15, 0.2) is 201 Å². The van der Waals surface area contributed by atoms with E-state index in [1.165, 1.54) is 47.4 Å². The van der Waals surface area contributed by atoms with E-state index in [4.69, 9.17) is 39.4 Å². The molecule has 0 bridgehead atoms. The van der Waals surface area contributed by atoms with E-state index in [2.05, 4.69) is 76.1 Å². The molecule has 1 aliphatic carbocycles. The highest BCUT2D eigenvalue weighted by molar-refractivity contribution is 8.08. The van der Waals surface area contributed by atoms with Gasteiger partial charge in [0.15, 0.2) is 5.60 Å². The number of ether oxygens (including phenoxy) is 5. The van der Waals surface area contributed by atoms with Crippen LogP contribution in [0.3, 0.4) is 0 Å². The first-order chi connectivity index (χ1) is 65.8. The molecule has 3 atom stereocenters. The molecular formula is C98H110N18O18S2. The molecule has 11 N–H and O–H groups in total. The number of nitrogens with zero attached hydrogens (tertiary/aromatic N) is 8. The van der Waals surface area contributed by atoms with Crippen LogP contribution >= 0.6 is 23.5 Å². The average molecular weight is 1890 g/mol. The van der Waals surface area contributed by atoms with Crippen molar-refractivity contribution in [2.45, 2.75) is 123 Å². The monoisotopic (exact) mass is 1890 g/mol. The van der Waals surface area contributed by atoms with E-state index in [9.17, 15) is 62.3 Å². The topological polar surface area (TPSA) is 453 Å². The number of aromatic nitrogens is 4. The van der Waals surface area contributed by atoms with E-state index in [0.29, 0.717) is 80.1 Å². The number of H-pyrrole nitrogens is 1. The van der Waals surface area contributed by atoms with Gasteiger partial charge in [0.05, 0.1) is 112 Å². The Labute approximate surface area is 793 Å². The number of benzene rings is 6. The summed E-state index contributed by atoms with van der Waals surface area (Å²) in [5, 5.41) is 22.9. The van der Waals surface area contributed by atoms with Crippen molar-refractivity contribution in [3.63, 3.8) is 0 Å². The van der Waals surface area contributed by atoms with Gasteiger partial charge in [0, 0.05) is 122 Å². The highest BCUT2D eigenvalue weighted by atomic mass is 32.2. The first kappa shape index (κ1) is 98.3. The molecule has 1 saturated carbocycles. The van der Waals surface area contributed by atoms with Crippen LogP contribution in [0.2, 0.25) is 0 Å². The van der Waals surface area contributed by atoms with Gasteiger partial charge in [0.2, 0.25) is 59.1 Å². The number of carbonyl (C=O) groups is 12. The van der Waals surface area contributed by atoms with Crippen LogP contribution in [0.1, 0.15) is 94.0 Å². The molecule has 712 valence electrons. The lowest BCUT2D eigenvalue weighted by molar-refractivity contribution is -0.138. The van der Waals surface area contributed by atoms with E-state index in [1.54, 1.807) is 66.3 Å². The molecule has 13 amide bonds. The number of pyridine rings is 1. The quantitative estimate of drug-likeness (QED) is 0.00941. The number of aryl methyl sites for hydroxylation is 1. The fourth-order valence-corrected chi connectivity index (χ4v) is 18.6. The van der Waals surface area contributed by atoms with Crippen LogP contribution in [-0.2, 0) is 90.8 Å². The number of likely N-dealkylation sites (tertiary alicyclic amines) is 1. The van der Waals surface area contributed by atoms with Crippen molar-refractivity contribution in [1.29, 1.82) is 0 Å². The maximum absolute atomic E-state index is 14.3. The van der Waals surface area contributed by atoms with Gasteiger partial charge in [-0.25, -0.2) is 19.7 Å². The van der Waals surface area contributed by atoms with E-state index in [1.807, 2.05) is 121 Å². The predicted octanol–water partition coefficient (Wildman–Crippen LogP) is 5.74. The first-order valence-corrected chi connectivity index (χ1v) is 46.7. The van der Waals surface area contributed by atoms with E-state index in [-0.39, 0.29) is 95.4 Å².